The molecule has 0 amide bonds. The quantitative estimate of drug-likeness (QED) is 0.749. The second-order valence-electron chi connectivity index (χ2n) is 4.89. The van der Waals surface area contributed by atoms with Crippen molar-refractivity contribution in [2.24, 2.45) is 0 Å². The molecule has 3 rings (SSSR count). The molecule has 0 atom stereocenters. The van der Waals surface area contributed by atoms with Crippen LogP contribution in [0.4, 0.5) is 5.69 Å². The smallest absolute Gasteiger partial charge is 0.0659 e. The number of halogens is 1. The summed E-state index contributed by atoms with van der Waals surface area (Å²) in [5, 5.41) is 7.80. The van der Waals surface area contributed by atoms with Gasteiger partial charge in [-0.05, 0) is 29.8 Å². The topological polar surface area (TPSA) is 29.9 Å². The Labute approximate surface area is 132 Å². The van der Waals surface area contributed by atoms with Crippen molar-refractivity contribution in [2.75, 3.05) is 5.32 Å². The van der Waals surface area contributed by atoms with Gasteiger partial charge in [0.15, 0.2) is 0 Å². The standard InChI is InChI=1S/C17H16BrN3/c18-16-6-8-17(9-7-16)19-10-15-11-20-21(13-15)12-14-4-2-1-3-5-14/h1-9,11,13,19H,10,12H2. The van der Waals surface area contributed by atoms with Crippen LogP contribution < -0.4 is 5.32 Å². The number of nitrogens with one attached hydrogen (secondary N) is 1. The maximum absolute atomic E-state index is 4.41. The Morgan fingerprint density at radius 3 is 2.48 bits per heavy atom. The Morgan fingerprint density at radius 1 is 0.952 bits per heavy atom. The molecular formula is C17H16BrN3. The molecule has 4 heteroatoms. The molecule has 1 heterocycles. The lowest BCUT2D eigenvalue weighted by Crippen LogP contribution is -2.00. The normalized spacial score (nSPS) is 10.5. The zero-order chi connectivity index (χ0) is 14.5. The molecule has 3 nitrogen and oxygen atoms in total. The number of rotatable bonds is 5. The maximum Gasteiger partial charge on any atom is 0.0659 e. The zero-order valence-electron chi connectivity index (χ0n) is 11.5. The Balaban J connectivity index is 1.59. The Bertz CT molecular complexity index is 690. The van der Waals surface area contributed by atoms with Crippen molar-refractivity contribution in [3.05, 3.63) is 82.6 Å². The first kappa shape index (κ1) is 13.9. The largest absolute Gasteiger partial charge is 0.381 e. The minimum atomic E-state index is 0.774. The summed E-state index contributed by atoms with van der Waals surface area (Å²) in [6.07, 6.45) is 3.99. The fraction of sp³-hybridized carbons (Fsp3) is 0.118. The fourth-order valence-corrected chi connectivity index (χ4v) is 2.39. The Hall–Kier alpha value is -2.07. The van der Waals surface area contributed by atoms with Crippen LogP contribution in [0.25, 0.3) is 0 Å². The summed E-state index contributed by atoms with van der Waals surface area (Å²) >= 11 is 3.44. The van der Waals surface area contributed by atoms with Crippen LogP contribution in [0.3, 0.4) is 0 Å². The lowest BCUT2D eigenvalue weighted by molar-refractivity contribution is 0.686. The van der Waals surface area contributed by atoms with Crippen LogP contribution in [0.2, 0.25) is 0 Å². The van der Waals surface area contributed by atoms with Crippen LogP contribution in [-0.2, 0) is 13.1 Å². The number of benzene rings is 2. The van der Waals surface area contributed by atoms with E-state index in [4.69, 9.17) is 0 Å². The Morgan fingerprint density at radius 2 is 1.71 bits per heavy atom. The van der Waals surface area contributed by atoms with Gasteiger partial charge in [0.1, 0.15) is 0 Å². The minimum Gasteiger partial charge on any atom is -0.381 e. The summed E-state index contributed by atoms with van der Waals surface area (Å²) in [6.45, 7) is 1.58. The highest BCUT2D eigenvalue weighted by molar-refractivity contribution is 9.10. The van der Waals surface area contributed by atoms with Crippen molar-refractivity contribution in [2.45, 2.75) is 13.1 Å². The third-order valence-electron chi connectivity index (χ3n) is 3.21. The zero-order valence-corrected chi connectivity index (χ0v) is 13.1. The lowest BCUT2D eigenvalue weighted by Gasteiger charge is -2.04. The first-order valence-corrected chi connectivity index (χ1v) is 7.63. The molecule has 0 aliphatic rings. The van der Waals surface area contributed by atoms with Crippen LogP contribution in [-0.4, -0.2) is 9.78 Å². The number of hydrogen-bond donors (Lipinski definition) is 1. The van der Waals surface area contributed by atoms with Crippen LogP contribution in [0.1, 0.15) is 11.1 Å². The van der Waals surface area contributed by atoms with Crippen molar-refractivity contribution < 1.29 is 0 Å². The Kier molecular flexibility index (Phi) is 4.36. The van der Waals surface area contributed by atoms with E-state index in [2.05, 4.69) is 68.9 Å². The lowest BCUT2D eigenvalue weighted by atomic mass is 10.2. The molecule has 0 spiro atoms. The predicted molar refractivity (Wildman–Crippen MR) is 89.2 cm³/mol. The summed E-state index contributed by atoms with van der Waals surface area (Å²) in [5.74, 6) is 0. The average molecular weight is 342 g/mol. The SMILES string of the molecule is Brc1ccc(NCc2cnn(Cc3ccccc3)c2)cc1. The summed E-state index contributed by atoms with van der Waals surface area (Å²) < 4.78 is 3.05. The van der Waals surface area contributed by atoms with Gasteiger partial charge in [0.05, 0.1) is 12.7 Å². The number of nitrogens with zero attached hydrogens (tertiary/aromatic N) is 2. The molecular weight excluding hydrogens is 326 g/mol. The first-order valence-electron chi connectivity index (χ1n) is 6.84. The van der Waals surface area contributed by atoms with Crippen LogP contribution in [0, 0.1) is 0 Å². The van der Waals surface area contributed by atoms with Gasteiger partial charge in [-0.2, -0.15) is 5.10 Å². The third kappa shape index (κ3) is 3.95. The van der Waals surface area contributed by atoms with E-state index in [1.807, 2.05) is 29.1 Å². The number of anilines is 1. The first-order chi connectivity index (χ1) is 10.3. The van der Waals surface area contributed by atoms with E-state index in [1.54, 1.807) is 0 Å². The monoisotopic (exact) mass is 341 g/mol. The maximum atomic E-state index is 4.41. The van der Waals surface area contributed by atoms with E-state index in [0.717, 1.165) is 23.2 Å². The summed E-state index contributed by atoms with van der Waals surface area (Å²) in [7, 11) is 0. The third-order valence-corrected chi connectivity index (χ3v) is 3.74. The van der Waals surface area contributed by atoms with Gasteiger partial charge in [-0.1, -0.05) is 46.3 Å². The molecule has 0 fully saturated rings. The van der Waals surface area contributed by atoms with Gasteiger partial charge in [0.25, 0.3) is 0 Å². The second-order valence-corrected chi connectivity index (χ2v) is 5.81. The molecule has 2 aromatic carbocycles. The van der Waals surface area contributed by atoms with E-state index in [9.17, 15) is 0 Å². The highest BCUT2D eigenvalue weighted by Crippen LogP contribution is 2.15. The van der Waals surface area contributed by atoms with E-state index >= 15 is 0 Å². The van der Waals surface area contributed by atoms with Gasteiger partial charge in [-0.15, -0.1) is 0 Å². The highest BCUT2D eigenvalue weighted by Gasteiger charge is 2.00. The predicted octanol–water partition coefficient (Wildman–Crippen LogP) is 4.31. The summed E-state index contributed by atoms with van der Waals surface area (Å²) in [4.78, 5) is 0. The van der Waals surface area contributed by atoms with Gasteiger partial charge in [-0.3, -0.25) is 4.68 Å². The second kappa shape index (κ2) is 6.59. The molecule has 0 saturated carbocycles. The van der Waals surface area contributed by atoms with Gasteiger partial charge in [0.2, 0.25) is 0 Å². The van der Waals surface area contributed by atoms with Crippen molar-refractivity contribution in [1.82, 2.24) is 9.78 Å². The van der Waals surface area contributed by atoms with Crippen LogP contribution >= 0.6 is 15.9 Å². The minimum absolute atomic E-state index is 0.774. The van der Waals surface area contributed by atoms with E-state index in [1.165, 1.54) is 11.1 Å². The molecule has 3 aromatic rings. The van der Waals surface area contributed by atoms with Crippen molar-refractivity contribution in [3.63, 3.8) is 0 Å². The van der Waals surface area contributed by atoms with Crippen molar-refractivity contribution in [1.29, 1.82) is 0 Å². The number of aromatic nitrogens is 2. The van der Waals surface area contributed by atoms with Crippen molar-refractivity contribution >= 4 is 21.6 Å². The van der Waals surface area contributed by atoms with Crippen LogP contribution in [0.15, 0.2) is 71.5 Å². The molecule has 1 N–H and O–H groups in total. The van der Waals surface area contributed by atoms with Crippen LogP contribution in [0.5, 0.6) is 0 Å². The summed E-state index contributed by atoms with van der Waals surface area (Å²) in [6, 6.07) is 18.5. The van der Waals surface area contributed by atoms with Gasteiger partial charge < -0.3 is 5.32 Å². The molecule has 0 aliphatic heterocycles. The van der Waals surface area contributed by atoms with Gasteiger partial charge in [-0.25, -0.2) is 0 Å². The average Bonchev–Trinajstić information content (AvgIpc) is 2.95. The van der Waals surface area contributed by atoms with E-state index in [0.29, 0.717) is 0 Å². The number of hydrogen-bond acceptors (Lipinski definition) is 2. The van der Waals surface area contributed by atoms with Crippen molar-refractivity contribution in [3.8, 4) is 0 Å². The molecule has 21 heavy (non-hydrogen) atoms. The summed E-state index contributed by atoms with van der Waals surface area (Å²) in [5.41, 5.74) is 3.54. The molecule has 0 aliphatic carbocycles. The molecule has 0 unspecified atom stereocenters. The van der Waals surface area contributed by atoms with E-state index in [-0.39, 0.29) is 0 Å². The molecule has 0 bridgehead atoms. The molecule has 1 aromatic heterocycles. The highest BCUT2D eigenvalue weighted by atomic mass is 79.9. The molecule has 0 saturated heterocycles. The van der Waals surface area contributed by atoms with E-state index < -0.39 is 0 Å². The van der Waals surface area contributed by atoms with Gasteiger partial charge >= 0.3 is 0 Å². The van der Waals surface area contributed by atoms with Gasteiger partial charge in [0, 0.05) is 28.5 Å². The molecule has 106 valence electrons. The molecule has 0 radical (unpaired) electrons. The fourth-order valence-electron chi connectivity index (χ4n) is 2.13.